The summed E-state index contributed by atoms with van der Waals surface area (Å²) in [5.41, 5.74) is 1.45. The summed E-state index contributed by atoms with van der Waals surface area (Å²) in [6.45, 7) is 4.37. The first-order valence-corrected chi connectivity index (χ1v) is 9.86. The molecule has 0 radical (unpaired) electrons. The van der Waals surface area contributed by atoms with Crippen LogP contribution in [0, 0.1) is 5.82 Å². The van der Waals surface area contributed by atoms with Crippen molar-refractivity contribution in [1.29, 1.82) is 0 Å². The first-order valence-electron chi connectivity index (χ1n) is 9.11. The Bertz CT molecular complexity index is 828. The molecule has 0 saturated carbocycles. The zero-order valence-electron chi connectivity index (χ0n) is 15.8. The van der Waals surface area contributed by atoms with Gasteiger partial charge < -0.3 is 10.2 Å². The molecular weight excluding hydrogens is 402 g/mol. The number of benzene rings is 2. The Morgan fingerprint density at radius 1 is 1.04 bits per heavy atom. The summed E-state index contributed by atoms with van der Waals surface area (Å²) >= 11 is 12.1. The van der Waals surface area contributed by atoms with E-state index in [4.69, 9.17) is 23.2 Å². The Labute approximate surface area is 174 Å². The summed E-state index contributed by atoms with van der Waals surface area (Å²) in [7, 11) is 0. The molecule has 2 amide bonds. The molecule has 7 heteroatoms. The van der Waals surface area contributed by atoms with Gasteiger partial charge in [-0.25, -0.2) is 4.39 Å². The number of nitrogens with zero attached hydrogens (tertiary/aromatic N) is 1. The zero-order chi connectivity index (χ0) is 20.7. The van der Waals surface area contributed by atoms with Crippen LogP contribution in [0.4, 0.5) is 4.39 Å². The van der Waals surface area contributed by atoms with Gasteiger partial charge in [-0.3, -0.25) is 9.59 Å². The summed E-state index contributed by atoms with van der Waals surface area (Å²) in [5, 5.41) is 3.59. The van der Waals surface area contributed by atoms with E-state index in [-0.39, 0.29) is 30.6 Å². The monoisotopic (exact) mass is 424 g/mol. The maximum atomic E-state index is 13.1. The molecule has 2 aromatic rings. The van der Waals surface area contributed by atoms with Gasteiger partial charge in [0.25, 0.3) is 0 Å². The highest BCUT2D eigenvalue weighted by Gasteiger charge is 2.28. The standard InChI is InChI=1S/C21H23Cl2FN2O2/c1-3-19(21(28)25-4-2)26(13-15-7-10-17(22)18(23)11-15)20(27)12-14-5-8-16(24)9-6-14/h5-11,19H,3-4,12-13H2,1-2H3,(H,25,28)/t19-/m0/s1. The summed E-state index contributed by atoms with van der Waals surface area (Å²) in [6, 6.07) is 10.3. The summed E-state index contributed by atoms with van der Waals surface area (Å²) in [6.07, 6.45) is 0.528. The smallest absolute Gasteiger partial charge is 0.242 e. The average molecular weight is 425 g/mol. The van der Waals surface area contributed by atoms with Crippen molar-refractivity contribution in [2.45, 2.75) is 39.3 Å². The molecule has 0 unspecified atom stereocenters. The van der Waals surface area contributed by atoms with Crippen LogP contribution in [0.25, 0.3) is 0 Å². The van der Waals surface area contributed by atoms with Gasteiger partial charge in [-0.2, -0.15) is 0 Å². The van der Waals surface area contributed by atoms with Crippen molar-refractivity contribution in [2.75, 3.05) is 6.54 Å². The highest BCUT2D eigenvalue weighted by molar-refractivity contribution is 6.42. The van der Waals surface area contributed by atoms with E-state index in [1.54, 1.807) is 30.3 Å². The molecule has 0 fully saturated rings. The van der Waals surface area contributed by atoms with Gasteiger partial charge in [0.15, 0.2) is 0 Å². The van der Waals surface area contributed by atoms with Gasteiger partial charge in [-0.15, -0.1) is 0 Å². The molecule has 28 heavy (non-hydrogen) atoms. The van der Waals surface area contributed by atoms with Crippen molar-refractivity contribution in [2.24, 2.45) is 0 Å². The lowest BCUT2D eigenvalue weighted by atomic mass is 10.1. The molecule has 4 nitrogen and oxygen atoms in total. The van der Waals surface area contributed by atoms with E-state index in [0.717, 1.165) is 5.56 Å². The number of likely N-dealkylation sites (N-methyl/N-ethyl adjacent to an activating group) is 1. The molecule has 0 aliphatic rings. The van der Waals surface area contributed by atoms with Crippen LogP contribution in [-0.4, -0.2) is 29.3 Å². The summed E-state index contributed by atoms with van der Waals surface area (Å²) < 4.78 is 13.1. The average Bonchev–Trinajstić information content (AvgIpc) is 2.66. The van der Waals surface area contributed by atoms with Crippen LogP contribution >= 0.6 is 23.2 Å². The third-order valence-electron chi connectivity index (χ3n) is 4.34. The highest BCUT2D eigenvalue weighted by atomic mass is 35.5. The maximum Gasteiger partial charge on any atom is 0.242 e. The molecule has 1 N–H and O–H groups in total. The lowest BCUT2D eigenvalue weighted by molar-refractivity contribution is -0.140. The lowest BCUT2D eigenvalue weighted by Crippen LogP contribution is -2.49. The fourth-order valence-electron chi connectivity index (χ4n) is 2.92. The predicted molar refractivity (Wildman–Crippen MR) is 110 cm³/mol. The van der Waals surface area contributed by atoms with Crippen LogP contribution in [-0.2, 0) is 22.6 Å². The van der Waals surface area contributed by atoms with Crippen LogP contribution in [0.1, 0.15) is 31.4 Å². The second kappa shape index (κ2) is 10.4. The molecule has 0 saturated heterocycles. The van der Waals surface area contributed by atoms with E-state index in [9.17, 15) is 14.0 Å². The van der Waals surface area contributed by atoms with Crippen molar-refractivity contribution in [3.8, 4) is 0 Å². The van der Waals surface area contributed by atoms with Crippen LogP contribution in [0.5, 0.6) is 0 Å². The Morgan fingerprint density at radius 3 is 2.25 bits per heavy atom. The predicted octanol–water partition coefficient (Wildman–Crippen LogP) is 4.62. The number of amides is 2. The second-order valence-electron chi connectivity index (χ2n) is 6.39. The Kier molecular flexibility index (Phi) is 8.27. The van der Waals surface area contributed by atoms with E-state index < -0.39 is 6.04 Å². The third kappa shape index (κ3) is 5.94. The summed E-state index contributed by atoms with van der Waals surface area (Å²) in [4.78, 5) is 27.1. The third-order valence-corrected chi connectivity index (χ3v) is 5.08. The van der Waals surface area contributed by atoms with E-state index in [2.05, 4.69) is 5.32 Å². The van der Waals surface area contributed by atoms with Crippen molar-refractivity contribution in [3.63, 3.8) is 0 Å². The van der Waals surface area contributed by atoms with Crippen LogP contribution in [0.2, 0.25) is 10.0 Å². The number of hydrogen-bond acceptors (Lipinski definition) is 2. The van der Waals surface area contributed by atoms with Crippen molar-refractivity contribution in [1.82, 2.24) is 10.2 Å². The van der Waals surface area contributed by atoms with Gasteiger partial charge >= 0.3 is 0 Å². The topological polar surface area (TPSA) is 49.4 Å². The fraction of sp³-hybridized carbons (Fsp3) is 0.333. The fourth-order valence-corrected chi connectivity index (χ4v) is 3.25. The van der Waals surface area contributed by atoms with Crippen molar-refractivity contribution < 1.29 is 14.0 Å². The van der Waals surface area contributed by atoms with E-state index in [0.29, 0.717) is 28.6 Å². The van der Waals surface area contributed by atoms with Gasteiger partial charge in [0.2, 0.25) is 11.8 Å². The van der Waals surface area contributed by atoms with Crippen LogP contribution in [0.3, 0.4) is 0 Å². The molecule has 0 bridgehead atoms. The molecule has 2 rings (SSSR count). The molecule has 150 valence electrons. The van der Waals surface area contributed by atoms with Gasteiger partial charge in [-0.1, -0.05) is 48.3 Å². The maximum absolute atomic E-state index is 13.1. The van der Waals surface area contributed by atoms with Gasteiger partial charge in [-0.05, 0) is 48.7 Å². The number of carbonyl (C=O) groups excluding carboxylic acids is 2. The molecule has 0 heterocycles. The SMILES string of the molecule is CCNC(=O)[C@H](CC)N(Cc1ccc(Cl)c(Cl)c1)C(=O)Cc1ccc(F)cc1. The van der Waals surface area contributed by atoms with Crippen molar-refractivity contribution >= 4 is 35.0 Å². The molecular formula is C21H23Cl2FN2O2. The Hall–Kier alpha value is -2.11. The van der Waals surface area contributed by atoms with Crippen LogP contribution in [0.15, 0.2) is 42.5 Å². The number of carbonyl (C=O) groups is 2. The minimum absolute atomic E-state index is 0.0670. The van der Waals surface area contributed by atoms with E-state index >= 15 is 0 Å². The number of rotatable bonds is 8. The number of nitrogens with one attached hydrogen (secondary N) is 1. The van der Waals surface area contributed by atoms with Gasteiger partial charge in [0.05, 0.1) is 16.5 Å². The molecule has 2 aromatic carbocycles. The van der Waals surface area contributed by atoms with Crippen molar-refractivity contribution in [3.05, 3.63) is 69.5 Å². The minimum Gasteiger partial charge on any atom is -0.355 e. The normalized spacial score (nSPS) is 11.8. The second-order valence-corrected chi connectivity index (χ2v) is 7.21. The molecule has 0 aliphatic heterocycles. The first kappa shape index (κ1) is 22.2. The largest absolute Gasteiger partial charge is 0.355 e. The number of halogens is 3. The summed E-state index contributed by atoms with van der Waals surface area (Å²) in [5.74, 6) is -0.800. The van der Waals surface area contributed by atoms with Crippen LogP contribution < -0.4 is 5.32 Å². The quantitative estimate of drug-likeness (QED) is 0.671. The number of hydrogen-bond donors (Lipinski definition) is 1. The van der Waals surface area contributed by atoms with Gasteiger partial charge in [0.1, 0.15) is 11.9 Å². The molecule has 1 atom stereocenters. The minimum atomic E-state index is -0.623. The van der Waals surface area contributed by atoms with E-state index in [1.807, 2.05) is 13.8 Å². The molecule has 0 spiro atoms. The lowest BCUT2D eigenvalue weighted by Gasteiger charge is -2.30. The zero-order valence-corrected chi connectivity index (χ0v) is 17.4. The molecule has 0 aromatic heterocycles. The van der Waals surface area contributed by atoms with Gasteiger partial charge in [0, 0.05) is 13.1 Å². The van der Waals surface area contributed by atoms with E-state index in [1.165, 1.54) is 17.0 Å². The first-order chi connectivity index (χ1) is 13.3. The Balaban J connectivity index is 2.30. The Morgan fingerprint density at radius 2 is 1.68 bits per heavy atom. The highest BCUT2D eigenvalue weighted by Crippen LogP contribution is 2.24. The molecule has 0 aliphatic carbocycles.